The molecular formula is C20H15N3O4S. The van der Waals surface area contributed by atoms with Gasteiger partial charge in [0.1, 0.15) is 5.69 Å². The molecule has 0 aliphatic rings. The lowest BCUT2D eigenvalue weighted by Crippen LogP contribution is -2.23. The molecule has 2 amide bonds. The third kappa shape index (κ3) is 4.02. The van der Waals surface area contributed by atoms with Crippen LogP contribution in [0.25, 0.3) is 10.8 Å². The second-order valence-electron chi connectivity index (χ2n) is 5.83. The minimum Gasteiger partial charge on any atom is -0.462 e. The van der Waals surface area contributed by atoms with Gasteiger partial charge in [-0.05, 0) is 42.0 Å². The number of furan rings is 2. The van der Waals surface area contributed by atoms with Crippen LogP contribution in [0.15, 0.2) is 75.3 Å². The van der Waals surface area contributed by atoms with Crippen LogP contribution in [0.2, 0.25) is 0 Å². The minimum atomic E-state index is -0.318. The van der Waals surface area contributed by atoms with Gasteiger partial charge in [0.15, 0.2) is 16.5 Å². The molecule has 7 nitrogen and oxygen atoms in total. The number of hydrogen-bond acceptors (Lipinski definition) is 6. The number of hydrogen-bond donors (Lipinski definition) is 2. The van der Waals surface area contributed by atoms with Gasteiger partial charge in [-0.3, -0.25) is 9.59 Å². The van der Waals surface area contributed by atoms with Crippen LogP contribution in [0, 0.1) is 0 Å². The fourth-order valence-corrected chi connectivity index (χ4v) is 3.24. The molecule has 3 heterocycles. The Balaban J connectivity index is 1.32. The van der Waals surface area contributed by atoms with Gasteiger partial charge >= 0.3 is 0 Å². The highest BCUT2D eigenvalue weighted by atomic mass is 32.1. The maximum atomic E-state index is 12.3. The lowest BCUT2D eigenvalue weighted by molar-refractivity contribution is 0.0945. The zero-order valence-corrected chi connectivity index (χ0v) is 15.4. The van der Waals surface area contributed by atoms with E-state index in [4.69, 9.17) is 8.83 Å². The summed E-state index contributed by atoms with van der Waals surface area (Å²) in [5.41, 5.74) is 1.88. The van der Waals surface area contributed by atoms with Crippen LogP contribution in [-0.4, -0.2) is 16.8 Å². The predicted octanol–water partition coefficient (Wildman–Crippen LogP) is 4.18. The van der Waals surface area contributed by atoms with Crippen LogP contribution < -0.4 is 10.6 Å². The largest absolute Gasteiger partial charge is 0.462 e. The standard InChI is InChI=1S/C20H15N3O4S/c24-18(15-12-28-20(23-15)17-4-2-10-27-17)21-11-13-5-7-14(8-6-13)22-19(25)16-3-1-9-26-16/h1-10,12H,11H2,(H,21,24)(H,22,25). The first-order valence-corrected chi connectivity index (χ1v) is 9.28. The van der Waals surface area contributed by atoms with E-state index in [0.717, 1.165) is 5.56 Å². The molecule has 3 aromatic heterocycles. The molecule has 0 unspecified atom stereocenters. The Bertz CT molecular complexity index is 1070. The maximum absolute atomic E-state index is 12.3. The van der Waals surface area contributed by atoms with Crippen LogP contribution in [0.1, 0.15) is 26.6 Å². The first-order chi connectivity index (χ1) is 13.7. The van der Waals surface area contributed by atoms with E-state index in [0.29, 0.717) is 28.7 Å². The van der Waals surface area contributed by atoms with Crippen LogP contribution in [0.3, 0.4) is 0 Å². The van der Waals surface area contributed by atoms with E-state index in [9.17, 15) is 9.59 Å². The van der Waals surface area contributed by atoms with E-state index >= 15 is 0 Å². The molecule has 140 valence electrons. The summed E-state index contributed by atoms with van der Waals surface area (Å²) >= 11 is 1.35. The number of aromatic nitrogens is 1. The zero-order valence-electron chi connectivity index (χ0n) is 14.5. The average Bonchev–Trinajstić information content (AvgIpc) is 3.49. The third-order valence-corrected chi connectivity index (χ3v) is 4.74. The van der Waals surface area contributed by atoms with Crippen molar-refractivity contribution in [2.45, 2.75) is 6.54 Å². The molecule has 0 radical (unpaired) electrons. The Morgan fingerprint density at radius 2 is 1.75 bits per heavy atom. The number of thiazole rings is 1. The van der Waals surface area contributed by atoms with Crippen LogP contribution >= 0.6 is 11.3 Å². The van der Waals surface area contributed by atoms with Crippen molar-refractivity contribution in [1.29, 1.82) is 0 Å². The topological polar surface area (TPSA) is 97.4 Å². The normalized spacial score (nSPS) is 10.6. The molecule has 0 fully saturated rings. The van der Waals surface area contributed by atoms with Gasteiger partial charge in [-0.1, -0.05) is 12.1 Å². The van der Waals surface area contributed by atoms with Crippen molar-refractivity contribution in [2.75, 3.05) is 5.32 Å². The van der Waals surface area contributed by atoms with Crippen molar-refractivity contribution in [1.82, 2.24) is 10.3 Å². The zero-order chi connectivity index (χ0) is 19.3. The highest BCUT2D eigenvalue weighted by Crippen LogP contribution is 2.23. The number of benzene rings is 1. The van der Waals surface area contributed by atoms with E-state index < -0.39 is 0 Å². The van der Waals surface area contributed by atoms with E-state index in [1.807, 2.05) is 12.1 Å². The van der Waals surface area contributed by atoms with Gasteiger partial charge in [-0.25, -0.2) is 4.98 Å². The molecule has 1 aromatic carbocycles. The molecule has 8 heteroatoms. The molecular weight excluding hydrogens is 378 g/mol. The molecule has 0 saturated carbocycles. The second-order valence-corrected chi connectivity index (χ2v) is 6.68. The lowest BCUT2D eigenvalue weighted by atomic mass is 10.2. The Morgan fingerprint density at radius 3 is 2.46 bits per heavy atom. The lowest BCUT2D eigenvalue weighted by Gasteiger charge is -2.06. The summed E-state index contributed by atoms with van der Waals surface area (Å²) in [7, 11) is 0. The molecule has 0 atom stereocenters. The van der Waals surface area contributed by atoms with Gasteiger partial charge in [0.2, 0.25) is 0 Å². The van der Waals surface area contributed by atoms with Gasteiger partial charge in [-0.15, -0.1) is 11.3 Å². The molecule has 0 aliphatic heterocycles. The quantitative estimate of drug-likeness (QED) is 0.512. The van der Waals surface area contributed by atoms with E-state index in [1.54, 1.807) is 48.0 Å². The molecule has 0 spiro atoms. The third-order valence-electron chi connectivity index (χ3n) is 3.88. The number of nitrogens with one attached hydrogen (secondary N) is 2. The molecule has 0 aliphatic carbocycles. The van der Waals surface area contributed by atoms with E-state index in [-0.39, 0.29) is 17.6 Å². The first-order valence-electron chi connectivity index (χ1n) is 8.40. The number of rotatable bonds is 6. The SMILES string of the molecule is O=C(NCc1ccc(NC(=O)c2ccco2)cc1)c1csc(-c2ccco2)n1. The predicted molar refractivity (Wildman–Crippen MR) is 104 cm³/mol. The summed E-state index contributed by atoms with van der Waals surface area (Å²) in [5, 5.41) is 7.92. The van der Waals surface area contributed by atoms with Gasteiger partial charge in [0.05, 0.1) is 12.5 Å². The monoisotopic (exact) mass is 393 g/mol. The van der Waals surface area contributed by atoms with Crippen LogP contribution in [-0.2, 0) is 6.54 Å². The van der Waals surface area contributed by atoms with Crippen molar-refractivity contribution in [3.05, 3.63) is 83.5 Å². The molecule has 2 N–H and O–H groups in total. The Labute approximate surface area is 164 Å². The summed E-state index contributed by atoms with van der Waals surface area (Å²) < 4.78 is 10.3. The molecule has 4 rings (SSSR count). The van der Waals surface area contributed by atoms with Crippen molar-refractivity contribution in [3.8, 4) is 10.8 Å². The van der Waals surface area contributed by atoms with Gasteiger partial charge in [0, 0.05) is 17.6 Å². The van der Waals surface area contributed by atoms with Crippen molar-refractivity contribution >= 4 is 28.8 Å². The van der Waals surface area contributed by atoms with Crippen molar-refractivity contribution < 1.29 is 18.4 Å². The minimum absolute atomic E-state index is 0.244. The molecule has 28 heavy (non-hydrogen) atoms. The smallest absolute Gasteiger partial charge is 0.291 e. The molecule has 4 aromatic rings. The van der Waals surface area contributed by atoms with Crippen LogP contribution in [0.4, 0.5) is 5.69 Å². The summed E-state index contributed by atoms with van der Waals surface area (Å²) in [6, 6.07) is 14.0. The number of nitrogens with zero attached hydrogens (tertiary/aromatic N) is 1. The number of carbonyl (C=O) groups excluding carboxylic acids is 2. The maximum Gasteiger partial charge on any atom is 0.291 e. The highest BCUT2D eigenvalue weighted by molar-refractivity contribution is 7.13. The first kappa shape index (κ1) is 17.7. The van der Waals surface area contributed by atoms with E-state index in [1.165, 1.54) is 17.6 Å². The van der Waals surface area contributed by atoms with Gasteiger partial charge in [0.25, 0.3) is 11.8 Å². The Kier molecular flexibility index (Phi) is 5.03. The fraction of sp³-hybridized carbons (Fsp3) is 0.0500. The summed E-state index contributed by atoms with van der Waals surface area (Å²) in [6.07, 6.45) is 3.01. The number of carbonyl (C=O) groups is 2. The summed E-state index contributed by atoms with van der Waals surface area (Å²) in [6.45, 7) is 0.346. The highest BCUT2D eigenvalue weighted by Gasteiger charge is 2.13. The second kappa shape index (κ2) is 7.93. The number of anilines is 1. The van der Waals surface area contributed by atoms with Crippen molar-refractivity contribution in [2.24, 2.45) is 0 Å². The average molecular weight is 393 g/mol. The number of amides is 2. The van der Waals surface area contributed by atoms with Gasteiger partial charge < -0.3 is 19.5 Å². The Hall–Kier alpha value is -3.65. The Morgan fingerprint density at radius 1 is 0.964 bits per heavy atom. The van der Waals surface area contributed by atoms with Crippen molar-refractivity contribution in [3.63, 3.8) is 0 Å². The summed E-state index contributed by atoms with van der Waals surface area (Å²) in [5.74, 6) is 0.302. The van der Waals surface area contributed by atoms with Crippen LogP contribution in [0.5, 0.6) is 0 Å². The van der Waals surface area contributed by atoms with Gasteiger partial charge in [-0.2, -0.15) is 0 Å². The molecule has 0 bridgehead atoms. The van der Waals surface area contributed by atoms with E-state index in [2.05, 4.69) is 15.6 Å². The fourth-order valence-electron chi connectivity index (χ4n) is 2.47. The molecule has 0 saturated heterocycles. The summed E-state index contributed by atoms with van der Waals surface area (Å²) in [4.78, 5) is 28.5.